The Hall–Kier alpha value is -2.29. The normalized spacial score (nSPS) is 19.6. The maximum atomic E-state index is 12.4. The first-order valence-corrected chi connectivity index (χ1v) is 7.22. The highest BCUT2D eigenvalue weighted by molar-refractivity contribution is 5.99. The van der Waals surface area contributed by atoms with Crippen molar-refractivity contribution in [2.24, 2.45) is 5.41 Å². The van der Waals surface area contributed by atoms with Crippen molar-refractivity contribution in [3.63, 3.8) is 0 Å². The fraction of sp³-hybridized carbons (Fsp3) is 0.278. The first-order chi connectivity index (χ1) is 9.98. The van der Waals surface area contributed by atoms with E-state index in [1.54, 1.807) is 0 Å². The molecule has 0 saturated heterocycles. The van der Waals surface area contributed by atoms with Crippen molar-refractivity contribution in [3.05, 3.63) is 59.7 Å². The highest BCUT2D eigenvalue weighted by Crippen LogP contribution is 2.43. The van der Waals surface area contributed by atoms with Crippen molar-refractivity contribution >= 4 is 17.3 Å². The zero-order valence-electron chi connectivity index (χ0n) is 12.6. The molecule has 1 unspecified atom stereocenters. The molecule has 3 heteroatoms. The van der Waals surface area contributed by atoms with Gasteiger partial charge in [0.25, 0.3) is 0 Å². The number of fused-ring (bicyclic) bond motifs is 1. The standard InChI is InChI=1S/C18H20N2O/c1-12-8-10-13(11-9-12)19-16-14-6-4-5-7-15(14)20-17(21)18(16,2)3/h4-11,16,19H,1-3H3,(H,20,21). The van der Waals surface area contributed by atoms with Crippen LogP contribution in [-0.4, -0.2) is 5.91 Å². The van der Waals surface area contributed by atoms with Gasteiger partial charge in [0.15, 0.2) is 0 Å². The lowest BCUT2D eigenvalue weighted by atomic mass is 9.76. The van der Waals surface area contributed by atoms with Gasteiger partial charge < -0.3 is 10.6 Å². The molecule has 0 radical (unpaired) electrons. The molecule has 1 aliphatic rings. The second-order valence-electron chi connectivity index (χ2n) is 6.21. The van der Waals surface area contributed by atoms with Crippen LogP contribution in [-0.2, 0) is 4.79 Å². The van der Waals surface area contributed by atoms with Gasteiger partial charge in [-0.1, -0.05) is 35.9 Å². The molecule has 0 aromatic heterocycles. The Morgan fingerprint density at radius 2 is 1.71 bits per heavy atom. The average molecular weight is 280 g/mol. The minimum absolute atomic E-state index is 0.0470. The van der Waals surface area contributed by atoms with Gasteiger partial charge in [-0.2, -0.15) is 0 Å². The van der Waals surface area contributed by atoms with Gasteiger partial charge in [-0.3, -0.25) is 4.79 Å². The van der Waals surface area contributed by atoms with E-state index in [0.29, 0.717) is 0 Å². The number of carbonyl (C=O) groups excluding carboxylic acids is 1. The molecule has 2 aromatic rings. The number of nitrogens with one attached hydrogen (secondary N) is 2. The molecular formula is C18H20N2O. The van der Waals surface area contributed by atoms with Crippen LogP contribution in [0.2, 0.25) is 0 Å². The van der Waals surface area contributed by atoms with Crippen LogP contribution in [0.5, 0.6) is 0 Å². The molecule has 1 atom stereocenters. The third-order valence-corrected chi connectivity index (χ3v) is 4.19. The molecule has 1 aliphatic heterocycles. The number of amides is 1. The third kappa shape index (κ3) is 2.40. The molecule has 3 rings (SSSR count). The number of hydrogen-bond donors (Lipinski definition) is 2. The SMILES string of the molecule is Cc1ccc(NC2c3ccccc3NC(=O)C2(C)C)cc1. The van der Waals surface area contributed by atoms with Crippen molar-refractivity contribution in [2.75, 3.05) is 10.6 Å². The number of para-hydroxylation sites is 1. The van der Waals surface area contributed by atoms with Crippen LogP contribution in [0.25, 0.3) is 0 Å². The fourth-order valence-electron chi connectivity index (χ4n) is 2.74. The van der Waals surface area contributed by atoms with Crippen LogP contribution < -0.4 is 10.6 Å². The molecule has 21 heavy (non-hydrogen) atoms. The Kier molecular flexibility index (Phi) is 3.20. The summed E-state index contributed by atoms with van der Waals surface area (Å²) < 4.78 is 0. The van der Waals surface area contributed by atoms with E-state index < -0.39 is 5.41 Å². The zero-order valence-corrected chi connectivity index (χ0v) is 12.6. The van der Waals surface area contributed by atoms with Crippen molar-refractivity contribution < 1.29 is 4.79 Å². The molecule has 0 spiro atoms. The summed E-state index contributed by atoms with van der Waals surface area (Å²) >= 11 is 0. The summed E-state index contributed by atoms with van der Waals surface area (Å²) in [6, 6.07) is 16.2. The third-order valence-electron chi connectivity index (χ3n) is 4.19. The van der Waals surface area contributed by atoms with E-state index >= 15 is 0 Å². The molecule has 2 aromatic carbocycles. The van der Waals surface area contributed by atoms with E-state index in [2.05, 4.69) is 47.9 Å². The van der Waals surface area contributed by atoms with Crippen LogP contribution >= 0.6 is 0 Å². The average Bonchev–Trinajstić information content (AvgIpc) is 2.46. The Morgan fingerprint density at radius 3 is 2.43 bits per heavy atom. The molecular weight excluding hydrogens is 260 g/mol. The summed E-state index contributed by atoms with van der Waals surface area (Å²) in [7, 11) is 0. The van der Waals surface area contributed by atoms with Crippen LogP contribution in [0.15, 0.2) is 48.5 Å². The fourth-order valence-corrected chi connectivity index (χ4v) is 2.74. The molecule has 0 aliphatic carbocycles. The monoisotopic (exact) mass is 280 g/mol. The number of aryl methyl sites for hydroxylation is 1. The van der Waals surface area contributed by atoms with E-state index in [-0.39, 0.29) is 11.9 Å². The Labute approximate surface area is 125 Å². The van der Waals surface area contributed by atoms with Crippen LogP contribution in [0.1, 0.15) is 31.0 Å². The summed E-state index contributed by atoms with van der Waals surface area (Å²) in [5, 5.41) is 6.52. The molecule has 108 valence electrons. The first kappa shape index (κ1) is 13.7. The molecule has 1 heterocycles. The van der Waals surface area contributed by atoms with E-state index in [9.17, 15) is 4.79 Å². The number of carbonyl (C=O) groups is 1. The second kappa shape index (κ2) is 4.92. The number of benzene rings is 2. The Morgan fingerprint density at radius 1 is 1.05 bits per heavy atom. The molecule has 3 nitrogen and oxygen atoms in total. The van der Waals surface area contributed by atoms with Gasteiger partial charge >= 0.3 is 0 Å². The van der Waals surface area contributed by atoms with E-state index in [4.69, 9.17) is 0 Å². The second-order valence-corrected chi connectivity index (χ2v) is 6.21. The van der Waals surface area contributed by atoms with Crippen molar-refractivity contribution in [2.45, 2.75) is 26.8 Å². The predicted octanol–water partition coefficient (Wildman–Crippen LogP) is 4.13. The lowest BCUT2D eigenvalue weighted by molar-refractivity contribution is -0.125. The largest absolute Gasteiger partial charge is 0.377 e. The lowest BCUT2D eigenvalue weighted by Crippen LogP contribution is -2.43. The van der Waals surface area contributed by atoms with Crippen molar-refractivity contribution in [1.29, 1.82) is 0 Å². The highest BCUT2D eigenvalue weighted by Gasteiger charge is 2.42. The van der Waals surface area contributed by atoms with Crippen molar-refractivity contribution in [1.82, 2.24) is 0 Å². The van der Waals surface area contributed by atoms with Gasteiger partial charge in [0.2, 0.25) is 5.91 Å². The molecule has 1 amide bonds. The summed E-state index contributed by atoms with van der Waals surface area (Å²) in [5.41, 5.74) is 3.76. The van der Waals surface area contributed by atoms with E-state index in [1.165, 1.54) is 5.56 Å². The van der Waals surface area contributed by atoms with Crippen LogP contribution in [0, 0.1) is 12.3 Å². The molecule has 0 saturated carbocycles. The number of anilines is 2. The summed E-state index contributed by atoms with van der Waals surface area (Å²) in [4.78, 5) is 12.4. The van der Waals surface area contributed by atoms with Gasteiger partial charge in [-0.25, -0.2) is 0 Å². The lowest BCUT2D eigenvalue weighted by Gasteiger charge is -2.39. The van der Waals surface area contributed by atoms with Gasteiger partial charge in [0.1, 0.15) is 0 Å². The summed E-state index contributed by atoms with van der Waals surface area (Å²) in [5.74, 6) is 0.0470. The highest BCUT2D eigenvalue weighted by atomic mass is 16.2. The van der Waals surface area contributed by atoms with Gasteiger partial charge in [-0.15, -0.1) is 0 Å². The van der Waals surface area contributed by atoms with Crippen LogP contribution in [0.4, 0.5) is 11.4 Å². The van der Waals surface area contributed by atoms with E-state index in [1.807, 2.05) is 32.0 Å². The maximum Gasteiger partial charge on any atom is 0.232 e. The first-order valence-electron chi connectivity index (χ1n) is 7.22. The number of rotatable bonds is 2. The smallest absolute Gasteiger partial charge is 0.232 e. The van der Waals surface area contributed by atoms with E-state index in [0.717, 1.165) is 16.9 Å². The number of hydrogen-bond acceptors (Lipinski definition) is 2. The minimum atomic E-state index is -0.515. The summed E-state index contributed by atoms with van der Waals surface area (Å²) in [6.45, 7) is 6.02. The van der Waals surface area contributed by atoms with Gasteiger partial charge in [-0.05, 0) is 44.5 Å². The van der Waals surface area contributed by atoms with Gasteiger partial charge in [0.05, 0.1) is 11.5 Å². The van der Waals surface area contributed by atoms with Crippen molar-refractivity contribution in [3.8, 4) is 0 Å². The minimum Gasteiger partial charge on any atom is -0.377 e. The zero-order chi connectivity index (χ0) is 15.0. The van der Waals surface area contributed by atoms with Gasteiger partial charge in [0, 0.05) is 11.4 Å². The Balaban J connectivity index is 2.01. The maximum absolute atomic E-state index is 12.4. The molecule has 0 bridgehead atoms. The van der Waals surface area contributed by atoms with Crippen LogP contribution in [0.3, 0.4) is 0 Å². The Bertz CT molecular complexity index is 674. The quantitative estimate of drug-likeness (QED) is 0.868. The summed E-state index contributed by atoms with van der Waals surface area (Å²) in [6.07, 6.45) is 0. The molecule has 2 N–H and O–H groups in total. The molecule has 0 fully saturated rings. The predicted molar refractivity (Wildman–Crippen MR) is 86.4 cm³/mol. The topological polar surface area (TPSA) is 41.1 Å².